The second-order valence-corrected chi connectivity index (χ2v) is 6.57. The summed E-state index contributed by atoms with van der Waals surface area (Å²) in [6, 6.07) is 9.90. The minimum atomic E-state index is 0.427. The summed E-state index contributed by atoms with van der Waals surface area (Å²) in [5, 5.41) is 0. The monoisotopic (exact) mass is 325 g/mol. The van der Waals surface area contributed by atoms with E-state index >= 15 is 0 Å². The zero-order valence-electron chi connectivity index (χ0n) is 10.9. The third-order valence-electron chi connectivity index (χ3n) is 3.12. The Hall–Kier alpha value is -1.23. The summed E-state index contributed by atoms with van der Waals surface area (Å²) < 4.78 is 2.83. The van der Waals surface area contributed by atoms with Crippen LogP contribution in [-0.4, -0.2) is 16.4 Å². The molecule has 20 heavy (non-hydrogen) atoms. The zero-order chi connectivity index (χ0) is 14.1. The van der Waals surface area contributed by atoms with E-state index in [1.165, 1.54) is 4.88 Å². The molecule has 6 heteroatoms. The van der Waals surface area contributed by atoms with Gasteiger partial charge in [-0.3, -0.25) is 0 Å². The van der Waals surface area contributed by atoms with Crippen LogP contribution < -0.4 is 4.90 Å². The lowest BCUT2D eigenvalue weighted by Crippen LogP contribution is -2.17. The standard InChI is InChI=1S/C14H13Cl2N3S/c1-18(9-10-5-6-12(16)20-10)14-11(8-15)19-7-3-2-4-13(19)17-14/h2-7H,8-9H2,1H3. The molecule has 0 unspecified atom stereocenters. The van der Waals surface area contributed by atoms with Crippen molar-refractivity contribution >= 4 is 46.0 Å². The van der Waals surface area contributed by atoms with Crippen LogP contribution in [0, 0.1) is 0 Å². The third-order valence-corrected chi connectivity index (χ3v) is 4.59. The number of anilines is 1. The molecule has 3 aromatic heterocycles. The van der Waals surface area contributed by atoms with Gasteiger partial charge in [0.1, 0.15) is 5.65 Å². The Bertz CT molecular complexity index is 735. The number of fused-ring (bicyclic) bond motifs is 1. The summed E-state index contributed by atoms with van der Waals surface area (Å²) in [5.41, 5.74) is 1.92. The third kappa shape index (κ3) is 2.51. The average Bonchev–Trinajstić information content (AvgIpc) is 3.01. The van der Waals surface area contributed by atoms with E-state index in [4.69, 9.17) is 23.2 Å². The molecule has 0 bridgehead atoms. The number of hydrogen-bond donors (Lipinski definition) is 0. The summed E-state index contributed by atoms with van der Waals surface area (Å²) in [7, 11) is 2.02. The molecule has 0 aliphatic carbocycles. The van der Waals surface area contributed by atoms with E-state index in [2.05, 4.69) is 9.88 Å². The molecule has 0 aliphatic rings. The van der Waals surface area contributed by atoms with Crippen molar-refractivity contribution in [3.8, 4) is 0 Å². The molecule has 0 radical (unpaired) electrons. The molecule has 0 amide bonds. The predicted octanol–water partition coefficient (Wildman–Crippen LogP) is 4.42. The normalized spacial score (nSPS) is 11.2. The van der Waals surface area contributed by atoms with Crippen molar-refractivity contribution in [1.82, 2.24) is 9.38 Å². The van der Waals surface area contributed by atoms with Crippen LogP contribution in [0.2, 0.25) is 4.34 Å². The number of hydrogen-bond acceptors (Lipinski definition) is 3. The number of rotatable bonds is 4. The highest BCUT2D eigenvalue weighted by molar-refractivity contribution is 7.16. The summed E-state index contributed by atoms with van der Waals surface area (Å²) >= 11 is 13.7. The SMILES string of the molecule is CN(Cc1ccc(Cl)s1)c1nc2ccccn2c1CCl. The van der Waals surface area contributed by atoms with Gasteiger partial charge in [0.15, 0.2) is 5.82 Å². The lowest BCUT2D eigenvalue weighted by atomic mass is 10.4. The Morgan fingerprint density at radius 2 is 2.15 bits per heavy atom. The molecule has 0 atom stereocenters. The molecule has 104 valence electrons. The van der Waals surface area contributed by atoms with Crippen molar-refractivity contribution in [3.63, 3.8) is 0 Å². The van der Waals surface area contributed by atoms with E-state index in [9.17, 15) is 0 Å². The Morgan fingerprint density at radius 3 is 2.85 bits per heavy atom. The van der Waals surface area contributed by atoms with Crippen molar-refractivity contribution in [2.75, 3.05) is 11.9 Å². The molecule has 3 heterocycles. The second kappa shape index (κ2) is 5.64. The smallest absolute Gasteiger partial charge is 0.152 e. The van der Waals surface area contributed by atoms with Gasteiger partial charge in [0, 0.05) is 18.1 Å². The van der Waals surface area contributed by atoms with Crippen LogP contribution in [0.25, 0.3) is 5.65 Å². The minimum Gasteiger partial charge on any atom is -0.353 e. The average molecular weight is 326 g/mol. The van der Waals surface area contributed by atoms with Crippen LogP contribution in [0.5, 0.6) is 0 Å². The highest BCUT2D eigenvalue weighted by Crippen LogP contribution is 2.27. The molecule has 0 aromatic carbocycles. The molecule has 0 saturated heterocycles. The molecule has 0 N–H and O–H groups in total. The van der Waals surface area contributed by atoms with E-state index in [1.54, 1.807) is 11.3 Å². The van der Waals surface area contributed by atoms with Gasteiger partial charge in [0.05, 0.1) is 22.5 Å². The van der Waals surface area contributed by atoms with Gasteiger partial charge in [-0.2, -0.15) is 0 Å². The zero-order valence-corrected chi connectivity index (χ0v) is 13.2. The number of nitrogens with zero attached hydrogens (tertiary/aromatic N) is 3. The van der Waals surface area contributed by atoms with Gasteiger partial charge in [-0.05, 0) is 24.3 Å². The maximum Gasteiger partial charge on any atom is 0.152 e. The molecule has 3 nitrogen and oxygen atoms in total. The Labute approximate surface area is 131 Å². The van der Waals surface area contributed by atoms with Gasteiger partial charge in [0.25, 0.3) is 0 Å². The quantitative estimate of drug-likeness (QED) is 0.662. The predicted molar refractivity (Wildman–Crippen MR) is 86.2 cm³/mol. The van der Waals surface area contributed by atoms with Crippen molar-refractivity contribution in [2.45, 2.75) is 12.4 Å². The van der Waals surface area contributed by atoms with Crippen LogP contribution in [0.3, 0.4) is 0 Å². The first-order valence-electron chi connectivity index (χ1n) is 6.16. The molecule has 0 saturated carbocycles. The van der Waals surface area contributed by atoms with E-state index < -0.39 is 0 Å². The fourth-order valence-electron chi connectivity index (χ4n) is 2.21. The first kappa shape index (κ1) is 13.7. The largest absolute Gasteiger partial charge is 0.353 e. The number of thiophene rings is 1. The minimum absolute atomic E-state index is 0.427. The summed E-state index contributed by atoms with van der Waals surface area (Å²) in [6.07, 6.45) is 1.99. The lowest BCUT2D eigenvalue weighted by Gasteiger charge is -2.16. The first-order valence-corrected chi connectivity index (χ1v) is 7.89. The van der Waals surface area contributed by atoms with Crippen molar-refractivity contribution < 1.29 is 0 Å². The van der Waals surface area contributed by atoms with Crippen molar-refractivity contribution in [2.24, 2.45) is 0 Å². The summed E-state index contributed by atoms with van der Waals surface area (Å²) in [5.74, 6) is 1.34. The van der Waals surface area contributed by atoms with E-state index in [1.807, 2.05) is 48.0 Å². The van der Waals surface area contributed by atoms with Crippen LogP contribution in [0.1, 0.15) is 10.6 Å². The maximum absolute atomic E-state index is 6.10. The molecule has 0 fully saturated rings. The highest BCUT2D eigenvalue weighted by Gasteiger charge is 2.15. The lowest BCUT2D eigenvalue weighted by molar-refractivity contribution is 0.908. The molecule has 3 aromatic rings. The van der Waals surface area contributed by atoms with Crippen LogP contribution in [-0.2, 0) is 12.4 Å². The van der Waals surface area contributed by atoms with Gasteiger partial charge in [0.2, 0.25) is 0 Å². The molecular formula is C14H13Cl2N3S. The van der Waals surface area contributed by atoms with Gasteiger partial charge in [-0.15, -0.1) is 22.9 Å². The van der Waals surface area contributed by atoms with Crippen molar-refractivity contribution in [1.29, 1.82) is 0 Å². The van der Waals surface area contributed by atoms with E-state index in [0.717, 1.165) is 28.0 Å². The number of pyridine rings is 1. The summed E-state index contributed by atoms with van der Waals surface area (Å²) in [6.45, 7) is 0.769. The number of imidazole rings is 1. The molecule has 0 aliphatic heterocycles. The second-order valence-electron chi connectivity index (χ2n) is 4.51. The summed E-state index contributed by atoms with van der Waals surface area (Å²) in [4.78, 5) is 7.97. The van der Waals surface area contributed by atoms with Gasteiger partial charge in [-0.1, -0.05) is 17.7 Å². The Kier molecular flexibility index (Phi) is 3.87. The number of halogens is 2. The maximum atomic E-state index is 6.10. The number of aromatic nitrogens is 2. The number of alkyl halides is 1. The van der Waals surface area contributed by atoms with E-state index in [-0.39, 0.29) is 0 Å². The molecular weight excluding hydrogens is 313 g/mol. The van der Waals surface area contributed by atoms with Crippen LogP contribution in [0.4, 0.5) is 5.82 Å². The van der Waals surface area contributed by atoms with Gasteiger partial charge < -0.3 is 9.30 Å². The van der Waals surface area contributed by atoms with Gasteiger partial charge >= 0.3 is 0 Å². The Morgan fingerprint density at radius 1 is 1.30 bits per heavy atom. The molecule has 3 rings (SSSR count). The first-order chi connectivity index (χ1) is 9.69. The topological polar surface area (TPSA) is 20.5 Å². The van der Waals surface area contributed by atoms with Crippen molar-refractivity contribution in [3.05, 3.63) is 51.4 Å². The van der Waals surface area contributed by atoms with E-state index in [0.29, 0.717) is 5.88 Å². The Balaban J connectivity index is 1.96. The fraction of sp³-hybridized carbons (Fsp3) is 0.214. The van der Waals surface area contributed by atoms with Crippen LogP contribution in [0.15, 0.2) is 36.5 Å². The fourth-order valence-corrected chi connectivity index (χ4v) is 3.60. The highest BCUT2D eigenvalue weighted by atomic mass is 35.5. The van der Waals surface area contributed by atoms with Gasteiger partial charge in [-0.25, -0.2) is 4.98 Å². The molecule has 0 spiro atoms. The van der Waals surface area contributed by atoms with Crippen LogP contribution >= 0.6 is 34.5 Å².